The molecule has 0 spiro atoms. The van der Waals surface area contributed by atoms with Crippen molar-refractivity contribution < 1.29 is 18.7 Å². The summed E-state index contributed by atoms with van der Waals surface area (Å²) in [5.74, 6) is 0.514. The van der Waals surface area contributed by atoms with E-state index in [0.717, 1.165) is 5.39 Å². The smallest absolute Gasteiger partial charge is 0.336 e. The fourth-order valence-electron chi connectivity index (χ4n) is 2.07. The van der Waals surface area contributed by atoms with Crippen LogP contribution in [0.15, 0.2) is 56.3 Å². The van der Waals surface area contributed by atoms with Gasteiger partial charge in [-0.1, -0.05) is 6.58 Å². The first kappa shape index (κ1) is 13.5. The third kappa shape index (κ3) is 2.43. The molecule has 0 amide bonds. The number of ether oxygens (including phenoxy) is 1. The Hall–Kier alpha value is -2.53. The van der Waals surface area contributed by atoms with Gasteiger partial charge in [0.1, 0.15) is 29.6 Å². The summed E-state index contributed by atoms with van der Waals surface area (Å²) >= 11 is 0. The van der Waals surface area contributed by atoms with E-state index in [1.807, 2.05) is 0 Å². The van der Waals surface area contributed by atoms with Crippen molar-refractivity contribution in [2.24, 2.45) is 0 Å². The van der Waals surface area contributed by atoms with Gasteiger partial charge in [0.2, 0.25) is 0 Å². The molecule has 0 radical (unpaired) electrons. The molecule has 0 aliphatic carbocycles. The summed E-state index contributed by atoms with van der Waals surface area (Å²) in [5, 5.41) is 11.2. The second kappa shape index (κ2) is 5.10. The van der Waals surface area contributed by atoms with Gasteiger partial charge in [0.05, 0.1) is 17.0 Å². The van der Waals surface area contributed by atoms with Gasteiger partial charge >= 0.3 is 5.63 Å². The number of hydrogen-bond donors (Lipinski definition) is 1. The molecule has 1 aromatic carbocycles. The van der Waals surface area contributed by atoms with Crippen molar-refractivity contribution in [1.82, 2.24) is 0 Å². The Morgan fingerprint density at radius 1 is 1.33 bits per heavy atom. The van der Waals surface area contributed by atoms with Gasteiger partial charge in [0.25, 0.3) is 0 Å². The lowest BCUT2D eigenvalue weighted by Crippen LogP contribution is -2.18. The van der Waals surface area contributed by atoms with Crippen LogP contribution in [0.25, 0.3) is 21.9 Å². The van der Waals surface area contributed by atoms with Crippen molar-refractivity contribution in [3.63, 3.8) is 0 Å². The average molecular weight is 286 g/mol. The Kier molecular flexibility index (Phi) is 3.27. The Morgan fingerprint density at radius 2 is 2.10 bits per heavy atom. The van der Waals surface area contributed by atoms with Gasteiger partial charge in [-0.25, -0.2) is 4.79 Å². The van der Waals surface area contributed by atoms with Gasteiger partial charge in [0.15, 0.2) is 0 Å². The zero-order chi connectivity index (χ0) is 15.0. The predicted molar refractivity (Wildman–Crippen MR) is 78.6 cm³/mol. The summed E-state index contributed by atoms with van der Waals surface area (Å²) in [4.78, 5) is 11.3. The topological polar surface area (TPSA) is 72.8 Å². The van der Waals surface area contributed by atoms with E-state index in [1.54, 1.807) is 25.1 Å². The first-order valence-corrected chi connectivity index (χ1v) is 6.46. The minimum atomic E-state index is -0.766. The first-order chi connectivity index (χ1) is 10.1. The van der Waals surface area contributed by atoms with Crippen LogP contribution in [-0.4, -0.2) is 17.8 Å². The summed E-state index contributed by atoms with van der Waals surface area (Å²) < 4.78 is 16.2. The van der Waals surface area contributed by atoms with E-state index in [4.69, 9.17) is 13.6 Å². The molecule has 0 unspecified atom stereocenters. The first-order valence-electron chi connectivity index (χ1n) is 6.46. The van der Waals surface area contributed by atoms with Crippen molar-refractivity contribution in [3.8, 4) is 5.75 Å². The fourth-order valence-corrected chi connectivity index (χ4v) is 2.07. The molecule has 0 fully saturated rings. The minimum Gasteiger partial charge on any atom is -0.489 e. The molecular weight excluding hydrogens is 272 g/mol. The number of benzene rings is 1. The summed E-state index contributed by atoms with van der Waals surface area (Å²) in [6, 6.07) is 6.38. The third-order valence-electron chi connectivity index (χ3n) is 3.26. The zero-order valence-electron chi connectivity index (χ0n) is 11.5. The fraction of sp³-hybridized carbons (Fsp3) is 0.188. The Balaban J connectivity index is 2.14. The van der Waals surface area contributed by atoms with E-state index in [9.17, 15) is 9.90 Å². The van der Waals surface area contributed by atoms with Gasteiger partial charge in [-0.05, 0) is 24.6 Å². The van der Waals surface area contributed by atoms with E-state index >= 15 is 0 Å². The van der Waals surface area contributed by atoms with E-state index in [0.29, 0.717) is 27.9 Å². The number of hydrogen-bond acceptors (Lipinski definition) is 5. The number of aliphatic hydroxyl groups is 1. The van der Waals surface area contributed by atoms with Crippen LogP contribution in [0.4, 0.5) is 0 Å². The van der Waals surface area contributed by atoms with Crippen LogP contribution in [0.5, 0.6) is 5.75 Å². The lowest BCUT2D eigenvalue weighted by Gasteiger charge is -2.14. The van der Waals surface area contributed by atoms with Crippen molar-refractivity contribution in [1.29, 1.82) is 0 Å². The van der Waals surface area contributed by atoms with Gasteiger partial charge in [-0.2, -0.15) is 0 Å². The molecule has 0 bridgehead atoms. The van der Waals surface area contributed by atoms with Crippen LogP contribution >= 0.6 is 0 Å². The van der Waals surface area contributed by atoms with Crippen molar-refractivity contribution >= 4 is 21.9 Å². The molecule has 0 saturated heterocycles. The van der Waals surface area contributed by atoms with Crippen LogP contribution in [0, 0.1) is 0 Å². The van der Waals surface area contributed by atoms with E-state index in [2.05, 4.69) is 6.58 Å². The van der Waals surface area contributed by atoms with Crippen LogP contribution < -0.4 is 10.4 Å². The lowest BCUT2D eigenvalue weighted by atomic mass is 10.1. The molecule has 1 N–H and O–H groups in total. The average Bonchev–Trinajstić information content (AvgIpc) is 2.90. The molecule has 2 heterocycles. The number of rotatable bonds is 4. The summed E-state index contributed by atoms with van der Waals surface area (Å²) in [5.41, 5.74) is 1.10. The number of fused-ring (bicyclic) bond motifs is 2. The van der Waals surface area contributed by atoms with Crippen LogP contribution in [-0.2, 0) is 0 Å². The van der Waals surface area contributed by atoms with Crippen molar-refractivity contribution in [3.05, 3.63) is 53.1 Å². The molecule has 2 aromatic heterocycles. The van der Waals surface area contributed by atoms with Gasteiger partial charge in [-0.15, -0.1) is 0 Å². The van der Waals surface area contributed by atoms with Crippen LogP contribution in [0.1, 0.15) is 6.92 Å². The highest BCUT2D eigenvalue weighted by Crippen LogP contribution is 2.35. The standard InChI is InChI=1S/C16H14O5/c1-9(2)12(17)8-20-16-10-3-4-15(18)21-14(10)7-13-11(16)5-6-19-13/h3-7,12,17H,1,8H2,2H3/t12-/m0/s1. The molecule has 21 heavy (non-hydrogen) atoms. The molecule has 1 atom stereocenters. The molecule has 5 nitrogen and oxygen atoms in total. The SMILES string of the molecule is C=C(C)[C@@H](O)COc1c2ccoc2cc2oc(=O)ccc12. The van der Waals surface area contributed by atoms with E-state index in [-0.39, 0.29) is 6.61 Å². The normalized spacial score (nSPS) is 12.7. The minimum absolute atomic E-state index is 0.0633. The quantitative estimate of drug-likeness (QED) is 0.589. The van der Waals surface area contributed by atoms with Gasteiger partial charge < -0.3 is 18.7 Å². The Bertz CT molecular complexity index is 871. The highest BCUT2D eigenvalue weighted by atomic mass is 16.5. The van der Waals surface area contributed by atoms with Crippen molar-refractivity contribution in [2.45, 2.75) is 13.0 Å². The molecule has 108 valence electrons. The molecule has 0 aliphatic rings. The summed E-state index contributed by atoms with van der Waals surface area (Å²) in [7, 11) is 0. The second-order valence-corrected chi connectivity index (χ2v) is 4.88. The van der Waals surface area contributed by atoms with Crippen LogP contribution in [0.3, 0.4) is 0 Å². The number of furan rings is 1. The highest BCUT2D eigenvalue weighted by Gasteiger charge is 2.15. The molecule has 0 saturated carbocycles. The van der Waals surface area contributed by atoms with Gasteiger partial charge in [0, 0.05) is 12.1 Å². The maximum atomic E-state index is 11.3. The molecule has 0 aliphatic heterocycles. The second-order valence-electron chi connectivity index (χ2n) is 4.88. The number of aliphatic hydroxyl groups excluding tert-OH is 1. The maximum absolute atomic E-state index is 11.3. The summed E-state index contributed by atoms with van der Waals surface area (Å²) in [6.07, 6.45) is 0.766. The third-order valence-corrected chi connectivity index (χ3v) is 3.26. The molecule has 3 rings (SSSR count). The molecule has 3 aromatic rings. The van der Waals surface area contributed by atoms with Crippen LogP contribution in [0.2, 0.25) is 0 Å². The Labute approximate surface area is 120 Å². The predicted octanol–water partition coefficient (Wildman–Crippen LogP) is 2.86. The van der Waals surface area contributed by atoms with E-state index < -0.39 is 11.7 Å². The zero-order valence-corrected chi connectivity index (χ0v) is 11.5. The summed E-state index contributed by atoms with van der Waals surface area (Å²) in [6.45, 7) is 5.47. The van der Waals surface area contributed by atoms with E-state index in [1.165, 1.54) is 12.3 Å². The monoisotopic (exact) mass is 286 g/mol. The maximum Gasteiger partial charge on any atom is 0.336 e. The Morgan fingerprint density at radius 3 is 2.86 bits per heavy atom. The largest absolute Gasteiger partial charge is 0.489 e. The molecule has 5 heteroatoms. The molecular formula is C16H14O5. The lowest BCUT2D eigenvalue weighted by molar-refractivity contribution is 0.137. The highest BCUT2D eigenvalue weighted by molar-refractivity contribution is 6.01. The van der Waals surface area contributed by atoms with Gasteiger partial charge in [-0.3, -0.25) is 0 Å². The van der Waals surface area contributed by atoms with Crippen molar-refractivity contribution in [2.75, 3.05) is 6.61 Å².